The van der Waals surface area contributed by atoms with E-state index >= 15 is 0 Å². The largest absolute Gasteiger partial charge is 0.493 e. The molecule has 0 atom stereocenters. The Kier molecular flexibility index (Phi) is 8.32. The number of rotatable bonds is 10. The summed E-state index contributed by atoms with van der Waals surface area (Å²) in [5, 5.41) is 14.5. The average Bonchev–Trinajstić information content (AvgIpc) is 2.67. The van der Waals surface area contributed by atoms with Crippen LogP contribution in [0.1, 0.15) is 12.0 Å². The third-order valence-corrected chi connectivity index (χ3v) is 3.92. The lowest BCUT2D eigenvalue weighted by atomic mass is 10.2. The monoisotopic (exact) mass is 396 g/mol. The molecular weight excluding hydrogens is 375 g/mol. The summed E-state index contributed by atoms with van der Waals surface area (Å²) in [6.45, 7) is 1.25. The standard InChI is InChI=1S/C19H22ClFN2O4/c1-26-18-9-13(11-22-7-2-8-24)3-6-17(18)27-12-19(25)23-14-4-5-16(21)15(20)10-14/h3-6,9-10,22,24H,2,7-8,11-12H2,1H3,(H,23,25). The van der Waals surface area contributed by atoms with Crippen molar-refractivity contribution in [3.8, 4) is 11.5 Å². The Morgan fingerprint density at radius 1 is 1.22 bits per heavy atom. The second kappa shape index (κ2) is 10.7. The van der Waals surface area contributed by atoms with Gasteiger partial charge in [-0.05, 0) is 48.9 Å². The Morgan fingerprint density at radius 2 is 2.04 bits per heavy atom. The highest BCUT2D eigenvalue weighted by Crippen LogP contribution is 2.28. The van der Waals surface area contributed by atoms with Crippen LogP contribution in [0, 0.1) is 5.82 Å². The van der Waals surface area contributed by atoms with Crippen LogP contribution in [0.15, 0.2) is 36.4 Å². The molecule has 2 rings (SSSR count). The summed E-state index contributed by atoms with van der Waals surface area (Å²) in [6.07, 6.45) is 0.687. The molecule has 0 saturated heterocycles. The minimum absolute atomic E-state index is 0.0708. The Morgan fingerprint density at radius 3 is 2.74 bits per heavy atom. The Bertz CT molecular complexity index is 773. The van der Waals surface area contributed by atoms with E-state index in [0.29, 0.717) is 36.7 Å². The maximum Gasteiger partial charge on any atom is 0.262 e. The molecule has 6 nitrogen and oxygen atoms in total. The number of carbonyl (C=O) groups is 1. The first-order chi connectivity index (χ1) is 13.0. The van der Waals surface area contributed by atoms with Crippen molar-refractivity contribution in [2.24, 2.45) is 0 Å². The molecule has 0 saturated carbocycles. The van der Waals surface area contributed by atoms with Crippen molar-refractivity contribution in [3.63, 3.8) is 0 Å². The maximum absolute atomic E-state index is 13.1. The Labute approximate surface area is 162 Å². The first kappa shape index (κ1) is 21.0. The number of nitrogens with one attached hydrogen (secondary N) is 2. The van der Waals surface area contributed by atoms with Gasteiger partial charge in [-0.15, -0.1) is 0 Å². The smallest absolute Gasteiger partial charge is 0.262 e. The quantitative estimate of drug-likeness (QED) is 0.538. The summed E-state index contributed by atoms with van der Waals surface area (Å²) in [4.78, 5) is 12.0. The van der Waals surface area contributed by atoms with Gasteiger partial charge in [0.1, 0.15) is 5.82 Å². The fourth-order valence-electron chi connectivity index (χ4n) is 2.29. The second-order valence-electron chi connectivity index (χ2n) is 5.70. The molecule has 27 heavy (non-hydrogen) atoms. The van der Waals surface area contributed by atoms with Gasteiger partial charge in [0.05, 0.1) is 12.1 Å². The molecule has 146 valence electrons. The molecule has 2 aromatic rings. The van der Waals surface area contributed by atoms with E-state index in [0.717, 1.165) is 5.56 Å². The molecule has 0 bridgehead atoms. The molecule has 0 aliphatic carbocycles. The number of aliphatic hydroxyl groups excluding tert-OH is 1. The minimum Gasteiger partial charge on any atom is -0.493 e. The molecule has 0 fully saturated rings. The number of benzene rings is 2. The zero-order chi connectivity index (χ0) is 19.6. The molecule has 8 heteroatoms. The van der Waals surface area contributed by atoms with E-state index in [2.05, 4.69) is 10.6 Å². The van der Waals surface area contributed by atoms with Crippen molar-refractivity contribution in [2.75, 3.05) is 32.2 Å². The number of methoxy groups -OCH3 is 1. The van der Waals surface area contributed by atoms with Crippen LogP contribution in [0.3, 0.4) is 0 Å². The van der Waals surface area contributed by atoms with E-state index < -0.39 is 11.7 Å². The van der Waals surface area contributed by atoms with Gasteiger partial charge in [-0.2, -0.15) is 0 Å². The van der Waals surface area contributed by atoms with Gasteiger partial charge in [-0.1, -0.05) is 17.7 Å². The van der Waals surface area contributed by atoms with Gasteiger partial charge >= 0.3 is 0 Å². The number of anilines is 1. The van der Waals surface area contributed by atoms with Crippen LogP contribution in [0.4, 0.5) is 10.1 Å². The van der Waals surface area contributed by atoms with Gasteiger partial charge in [-0.3, -0.25) is 4.79 Å². The van der Waals surface area contributed by atoms with E-state index in [1.165, 1.54) is 25.3 Å². The summed E-state index contributed by atoms with van der Waals surface area (Å²) in [5.74, 6) is -0.0194. The second-order valence-corrected chi connectivity index (χ2v) is 6.11. The van der Waals surface area contributed by atoms with Crippen LogP contribution < -0.4 is 20.1 Å². The first-order valence-electron chi connectivity index (χ1n) is 8.39. The van der Waals surface area contributed by atoms with Crippen molar-refractivity contribution in [1.29, 1.82) is 0 Å². The zero-order valence-corrected chi connectivity index (χ0v) is 15.7. The fourth-order valence-corrected chi connectivity index (χ4v) is 2.47. The molecule has 0 unspecified atom stereocenters. The van der Waals surface area contributed by atoms with Gasteiger partial charge < -0.3 is 25.2 Å². The molecular formula is C19H22ClFN2O4. The molecule has 0 heterocycles. The number of halogens is 2. The van der Waals surface area contributed by atoms with E-state index in [4.69, 9.17) is 26.2 Å². The lowest BCUT2D eigenvalue weighted by Gasteiger charge is -2.13. The van der Waals surface area contributed by atoms with Crippen molar-refractivity contribution in [3.05, 3.63) is 52.8 Å². The molecule has 0 aliphatic heterocycles. The predicted molar refractivity (Wildman–Crippen MR) is 102 cm³/mol. The van der Waals surface area contributed by atoms with Crippen molar-refractivity contribution in [2.45, 2.75) is 13.0 Å². The summed E-state index contributed by atoms with van der Waals surface area (Å²) in [7, 11) is 1.52. The van der Waals surface area contributed by atoms with Crippen molar-refractivity contribution in [1.82, 2.24) is 5.32 Å². The van der Waals surface area contributed by atoms with Crippen LogP contribution in [0.25, 0.3) is 0 Å². The van der Waals surface area contributed by atoms with Crippen LogP contribution in [-0.2, 0) is 11.3 Å². The van der Waals surface area contributed by atoms with E-state index in [9.17, 15) is 9.18 Å². The Hall–Kier alpha value is -2.35. The van der Waals surface area contributed by atoms with Gasteiger partial charge in [0.15, 0.2) is 18.1 Å². The normalized spacial score (nSPS) is 10.5. The molecule has 0 aliphatic rings. The van der Waals surface area contributed by atoms with Gasteiger partial charge in [-0.25, -0.2) is 4.39 Å². The summed E-state index contributed by atoms with van der Waals surface area (Å²) >= 11 is 5.69. The summed E-state index contributed by atoms with van der Waals surface area (Å²) in [6, 6.07) is 9.33. The number of ether oxygens (including phenoxy) is 2. The molecule has 0 aromatic heterocycles. The van der Waals surface area contributed by atoms with Gasteiger partial charge in [0, 0.05) is 18.8 Å². The first-order valence-corrected chi connectivity index (χ1v) is 8.77. The molecule has 3 N–H and O–H groups in total. The summed E-state index contributed by atoms with van der Waals surface area (Å²) in [5.41, 5.74) is 1.37. The topological polar surface area (TPSA) is 79.8 Å². The SMILES string of the molecule is COc1cc(CNCCCO)ccc1OCC(=O)Nc1ccc(F)c(Cl)c1. The minimum atomic E-state index is -0.554. The highest BCUT2D eigenvalue weighted by atomic mass is 35.5. The third kappa shape index (κ3) is 6.71. The molecule has 2 aromatic carbocycles. The fraction of sp³-hybridized carbons (Fsp3) is 0.316. The average molecular weight is 397 g/mol. The van der Waals surface area contributed by atoms with Crippen LogP contribution in [0.2, 0.25) is 5.02 Å². The Balaban J connectivity index is 1.90. The van der Waals surface area contributed by atoms with E-state index in [-0.39, 0.29) is 18.2 Å². The van der Waals surface area contributed by atoms with Crippen LogP contribution in [-0.4, -0.2) is 37.9 Å². The number of hydrogen-bond donors (Lipinski definition) is 3. The van der Waals surface area contributed by atoms with Crippen molar-refractivity contribution < 1.29 is 23.8 Å². The number of aliphatic hydroxyl groups is 1. The van der Waals surface area contributed by atoms with Gasteiger partial charge in [0.25, 0.3) is 5.91 Å². The number of carbonyl (C=O) groups excluding carboxylic acids is 1. The van der Waals surface area contributed by atoms with Crippen LogP contribution in [0.5, 0.6) is 11.5 Å². The molecule has 1 amide bonds. The third-order valence-electron chi connectivity index (χ3n) is 3.63. The summed E-state index contributed by atoms with van der Waals surface area (Å²) < 4.78 is 24.0. The number of hydrogen-bond acceptors (Lipinski definition) is 5. The lowest BCUT2D eigenvalue weighted by Crippen LogP contribution is -2.20. The van der Waals surface area contributed by atoms with E-state index in [1.807, 2.05) is 12.1 Å². The van der Waals surface area contributed by atoms with Crippen molar-refractivity contribution >= 4 is 23.2 Å². The molecule has 0 spiro atoms. The van der Waals surface area contributed by atoms with E-state index in [1.54, 1.807) is 6.07 Å². The van der Waals surface area contributed by atoms with Gasteiger partial charge in [0.2, 0.25) is 0 Å². The highest BCUT2D eigenvalue weighted by Gasteiger charge is 2.10. The zero-order valence-electron chi connectivity index (χ0n) is 14.9. The van der Waals surface area contributed by atoms with Crippen LogP contribution >= 0.6 is 11.6 Å². The maximum atomic E-state index is 13.1. The lowest BCUT2D eigenvalue weighted by molar-refractivity contribution is -0.118. The molecule has 0 radical (unpaired) electrons. The predicted octanol–water partition coefficient (Wildman–Crippen LogP) is 2.98. The highest BCUT2D eigenvalue weighted by molar-refractivity contribution is 6.31. The number of amides is 1.